The molecule has 0 saturated carbocycles. The largest absolute Gasteiger partial charge is 0.349 e. The van der Waals surface area contributed by atoms with Gasteiger partial charge in [0.15, 0.2) is 0 Å². The summed E-state index contributed by atoms with van der Waals surface area (Å²) in [6, 6.07) is 15.2. The highest BCUT2D eigenvalue weighted by molar-refractivity contribution is 14.1. The molecule has 2 aromatic carbocycles. The van der Waals surface area contributed by atoms with Crippen molar-refractivity contribution in [1.29, 1.82) is 0 Å². The van der Waals surface area contributed by atoms with Gasteiger partial charge >= 0.3 is 5.69 Å². The Morgan fingerprint density at radius 3 is 2.55 bits per heavy atom. The lowest BCUT2D eigenvalue weighted by atomic mass is 10.2. The number of para-hydroxylation sites is 1. The number of hydrogen-bond donors (Lipinski definition) is 1. The molecule has 0 bridgehead atoms. The van der Waals surface area contributed by atoms with Crippen molar-refractivity contribution in [3.63, 3.8) is 0 Å². The second kappa shape index (κ2) is 7.47. The number of aryl methyl sites for hydroxylation is 2. The van der Waals surface area contributed by atoms with E-state index >= 15 is 0 Å². The number of H-pyrrole nitrogens is 1. The molecule has 0 fully saturated rings. The van der Waals surface area contributed by atoms with Gasteiger partial charge in [-0.05, 0) is 85.3 Å². The quantitative estimate of drug-likeness (QED) is 0.344. The van der Waals surface area contributed by atoms with Crippen LogP contribution in [-0.2, 0) is 0 Å². The molecule has 2 heterocycles. The first-order valence-electron chi connectivity index (χ1n) is 9.10. The summed E-state index contributed by atoms with van der Waals surface area (Å²) in [5.74, 6) is 0. The minimum Gasteiger partial charge on any atom is -0.318 e. The van der Waals surface area contributed by atoms with Crippen LogP contribution in [0.25, 0.3) is 16.6 Å². The third-order valence-corrected chi connectivity index (χ3v) is 6.18. The molecule has 7 heteroatoms. The maximum Gasteiger partial charge on any atom is 0.349 e. The average molecular weight is 498 g/mol. The number of aromatic nitrogens is 3. The lowest BCUT2D eigenvalue weighted by molar-refractivity contribution is 0.771. The number of fused-ring (bicyclic) bond motifs is 1. The Balaban J connectivity index is 1.79. The smallest absolute Gasteiger partial charge is 0.318 e. The molecule has 29 heavy (non-hydrogen) atoms. The van der Waals surface area contributed by atoms with E-state index in [1.807, 2.05) is 19.9 Å². The van der Waals surface area contributed by atoms with Crippen LogP contribution in [0.4, 0.5) is 0 Å². The molecule has 0 aliphatic carbocycles. The first-order chi connectivity index (χ1) is 13.9. The van der Waals surface area contributed by atoms with Crippen LogP contribution >= 0.6 is 22.6 Å². The Kier molecular flexibility index (Phi) is 4.99. The molecule has 146 valence electrons. The number of nitrogens with zero attached hydrogens (tertiary/aromatic N) is 3. The molecular weight excluding hydrogens is 479 g/mol. The number of rotatable bonds is 3. The van der Waals surface area contributed by atoms with E-state index in [-0.39, 0.29) is 0 Å². The molecule has 0 amide bonds. The Bertz CT molecular complexity index is 1390. The number of hydrogen-bond acceptors (Lipinski definition) is 3. The first kappa shape index (κ1) is 19.4. The third kappa shape index (κ3) is 3.46. The Morgan fingerprint density at radius 1 is 1.03 bits per heavy atom. The van der Waals surface area contributed by atoms with Gasteiger partial charge in [0.2, 0.25) is 0 Å². The highest BCUT2D eigenvalue weighted by Gasteiger charge is 2.11. The molecule has 0 aliphatic heterocycles. The van der Waals surface area contributed by atoms with E-state index in [4.69, 9.17) is 0 Å². The van der Waals surface area contributed by atoms with Crippen molar-refractivity contribution < 1.29 is 0 Å². The van der Waals surface area contributed by atoms with Crippen LogP contribution < -0.4 is 11.2 Å². The van der Waals surface area contributed by atoms with Gasteiger partial charge in [-0.2, -0.15) is 5.10 Å². The maximum atomic E-state index is 12.6. The average Bonchev–Trinajstić information content (AvgIpc) is 2.97. The molecule has 6 nitrogen and oxygen atoms in total. The maximum absolute atomic E-state index is 12.6. The minimum absolute atomic E-state index is 0.420. The van der Waals surface area contributed by atoms with Crippen LogP contribution in [-0.4, -0.2) is 20.4 Å². The van der Waals surface area contributed by atoms with Gasteiger partial charge in [0, 0.05) is 26.2 Å². The molecule has 0 unspecified atom stereocenters. The summed E-state index contributed by atoms with van der Waals surface area (Å²) in [7, 11) is 0. The zero-order chi connectivity index (χ0) is 20.7. The summed E-state index contributed by atoms with van der Waals surface area (Å²) in [4.78, 5) is 27.6. The van der Waals surface area contributed by atoms with E-state index in [2.05, 4.69) is 62.4 Å². The lowest BCUT2D eigenvalue weighted by Crippen LogP contribution is -2.32. The standard InChI is InChI=1S/C22H19IN4O2/c1-13-10-17(8-9-19(13)23)26-14(2)11-16(15(26)3)12-24-27-21(28)18-6-4-5-7-20(18)25-22(27)29/h4-12H,1-3H3,(H,25,29). The number of halogens is 1. The Morgan fingerprint density at radius 2 is 1.79 bits per heavy atom. The van der Waals surface area contributed by atoms with Crippen LogP contribution in [0.2, 0.25) is 0 Å². The molecule has 4 aromatic rings. The predicted octanol–water partition coefficient (Wildman–Crippen LogP) is 3.89. The van der Waals surface area contributed by atoms with E-state index in [0.717, 1.165) is 27.3 Å². The van der Waals surface area contributed by atoms with Crippen molar-refractivity contribution in [2.75, 3.05) is 0 Å². The fraction of sp³-hybridized carbons (Fsp3) is 0.136. The van der Waals surface area contributed by atoms with Crippen molar-refractivity contribution in [3.05, 3.63) is 95.5 Å². The van der Waals surface area contributed by atoms with Gasteiger partial charge in [-0.1, -0.05) is 12.1 Å². The normalized spacial score (nSPS) is 11.6. The molecule has 0 atom stereocenters. The van der Waals surface area contributed by atoms with E-state index in [9.17, 15) is 9.59 Å². The van der Waals surface area contributed by atoms with Crippen LogP contribution in [0.5, 0.6) is 0 Å². The second-order valence-corrected chi connectivity index (χ2v) is 8.09. The number of benzene rings is 2. The highest BCUT2D eigenvalue weighted by Crippen LogP contribution is 2.22. The lowest BCUT2D eigenvalue weighted by Gasteiger charge is -2.11. The van der Waals surface area contributed by atoms with E-state index in [0.29, 0.717) is 10.9 Å². The summed E-state index contributed by atoms with van der Waals surface area (Å²) in [5.41, 5.74) is 4.65. The van der Waals surface area contributed by atoms with Crippen molar-refractivity contribution >= 4 is 39.7 Å². The fourth-order valence-corrected chi connectivity index (χ4v) is 3.80. The topological polar surface area (TPSA) is 72.2 Å². The number of nitrogens with one attached hydrogen (secondary N) is 1. The zero-order valence-corrected chi connectivity index (χ0v) is 18.4. The molecule has 1 N–H and O–H groups in total. The SMILES string of the molecule is Cc1cc(-n2c(C)cc(C=Nn3c(=O)[nH]c4ccccc4c3=O)c2C)ccc1I. The van der Waals surface area contributed by atoms with Gasteiger partial charge < -0.3 is 9.55 Å². The molecule has 4 rings (SSSR count). The molecule has 2 aromatic heterocycles. The summed E-state index contributed by atoms with van der Waals surface area (Å²) in [5, 5.41) is 4.61. The monoisotopic (exact) mass is 498 g/mol. The summed E-state index contributed by atoms with van der Waals surface area (Å²) < 4.78 is 4.21. The van der Waals surface area contributed by atoms with Crippen molar-refractivity contribution in [2.45, 2.75) is 20.8 Å². The van der Waals surface area contributed by atoms with Crippen LogP contribution in [0.1, 0.15) is 22.5 Å². The first-order valence-corrected chi connectivity index (χ1v) is 10.2. The number of aromatic amines is 1. The summed E-state index contributed by atoms with van der Waals surface area (Å²) in [6.07, 6.45) is 1.56. The Labute approximate surface area is 180 Å². The van der Waals surface area contributed by atoms with E-state index in [1.165, 1.54) is 9.13 Å². The van der Waals surface area contributed by atoms with Crippen molar-refractivity contribution in [2.24, 2.45) is 5.10 Å². The minimum atomic E-state index is -0.563. The van der Waals surface area contributed by atoms with Crippen LogP contribution in [0.15, 0.2) is 63.2 Å². The molecular formula is C22H19IN4O2. The third-order valence-electron chi connectivity index (χ3n) is 4.97. The molecule has 0 radical (unpaired) electrons. The van der Waals surface area contributed by atoms with Gasteiger partial charge in [0.05, 0.1) is 17.1 Å². The van der Waals surface area contributed by atoms with Gasteiger partial charge in [-0.15, -0.1) is 4.68 Å². The molecule has 0 aliphatic rings. The second-order valence-electron chi connectivity index (χ2n) is 6.93. The molecule has 0 spiro atoms. The van der Waals surface area contributed by atoms with Crippen LogP contribution in [0.3, 0.4) is 0 Å². The van der Waals surface area contributed by atoms with Gasteiger partial charge in [-0.3, -0.25) is 4.79 Å². The summed E-state index contributed by atoms with van der Waals surface area (Å²) >= 11 is 2.32. The highest BCUT2D eigenvalue weighted by atomic mass is 127. The zero-order valence-electron chi connectivity index (χ0n) is 16.2. The van der Waals surface area contributed by atoms with E-state index in [1.54, 1.807) is 30.5 Å². The molecule has 0 saturated heterocycles. The Hall–Kier alpha value is -2.94. The summed E-state index contributed by atoms with van der Waals surface area (Å²) in [6.45, 7) is 6.10. The predicted molar refractivity (Wildman–Crippen MR) is 125 cm³/mol. The van der Waals surface area contributed by atoms with Crippen LogP contribution in [0, 0.1) is 24.3 Å². The van der Waals surface area contributed by atoms with Crippen molar-refractivity contribution in [1.82, 2.24) is 14.2 Å². The van der Waals surface area contributed by atoms with Gasteiger partial charge in [0.1, 0.15) is 0 Å². The van der Waals surface area contributed by atoms with Crippen molar-refractivity contribution in [3.8, 4) is 5.69 Å². The fourth-order valence-electron chi connectivity index (χ4n) is 3.46. The van der Waals surface area contributed by atoms with E-state index < -0.39 is 11.2 Å². The van der Waals surface area contributed by atoms with Gasteiger partial charge in [-0.25, -0.2) is 4.79 Å². The van der Waals surface area contributed by atoms with Gasteiger partial charge in [0.25, 0.3) is 5.56 Å².